The standard InChI is InChI=1S/C17H17N5O4/c1-9-8-21-13-14(20(2)17(24)19-15(13)23)18-16(21)22(9)11-7-10(25-3)5-6-12(11)26-4/h5-8H,1-4H3,(H,19,23,24). The van der Waals surface area contributed by atoms with Crippen LogP contribution < -0.4 is 20.7 Å². The maximum absolute atomic E-state index is 12.3. The molecule has 4 rings (SSSR count). The number of hydrogen-bond acceptors (Lipinski definition) is 5. The normalized spacial score (nSPS) is 11.4. The Kier molecular flexibility index (Phi) is 3.39. The predicted molar refractivity (Wildman–Crippen MR) is 95.7 cm³/mol. The van der Waals surface area contributed by atoms with E-state index in [4.69, 9.17) is 9.47 Å². The maximum Gasteiger partial charge on any atom is 0.329 e. The van der Waals surface area contributed by atoms with E-state index < -0.39 is 11.2 Å². The van der Waals surface area contributed by atoms with E-state index in [1.54, 1.807) is 44.0 Å². The predicted octanol–water partition coefficient (Wildman–Crippen LogP) is 0.991. The van der Waals surface area contributed by atoms with Crippen molar-refractivity contribution in [3.63, 3.8) is 0 Å². The minimum absolute atomic E-state index is 0.310. The highest BCUT2D eigenvalue weighted by Crippen LogP contribution is 2.31. The van der Waals surface area contributed by atoms with E-state index in [1.807, 2.05) is 17.6 Å². The van der Waals surface area contributed by atoms with Crippen LogP contribution in [0.3, 0.4) is 0 Å². The number of methoxy groups -OCH3 is 2. The zero-order valence-corrected chi connectivity index (χ0v) is 14.7. The summed E-state index contributed by atoms with van der Waals surface area (Å²) in [4.78, 5) is 31.0. The van der Waals surface area contributed by atoms with Crippen molar-refractivity contribution in [2.45, 2.75) is 6.92 Å². The lowest BCUT2D eigenvalue weighted by Gasteiger charge is -2.12. The summed E-state index contributed by atoms with van der Waals surface area (Å²) in [7, 11) is 4.73. The Hall–Kier alpha value is -3.49. The third kappa shape index (κ3) is 2.06. The molecule has 134 valence electrons. The summed E-state index contributed by atoms with van der Waals surface area (Å²) in [6, 6.07) is 5.43. The summed E-state index contributed by atoms with van der Waals surface area (Å²) in [5, 5.41) is 0. The highest BCUT2D eigenvalue weighted by molar-refractivity contribution is 5.76. The minimum Gasteiger partial charge on any atom is -0.497 e. The molecular formula is C17H17N5O4. The van der Waals surface area contributed by atoms with Crippen molar-refractivity contribution in [2.24, 2.45) is 7.05 Å². The van der Waals surface area contributed by atoms with Crippen LogP contribution >= 0.6 is 0 Å². The van der Waals surface area contributed by atoms with Crippen molar-refractivity contribution in [3.05, 3.63) is 50.9 Å². The van der Waals surface area contributed by atoms with Gasteiger partial charge in [-0.25, -0.2) is 4.79 Å². The van der Waals surface area contributed by atoms with E-state index in [2.05, 4.69) is 9.97 Å². The molecule has 3 aromatic heterocycles. The van der Waals surface area contributed by atoms with Gasteiger partial charge in [-0.2, -0.15) is 4.98 Å². The molecule has 9 nitrogen and oxygen atoms in total. The summed E-state index contributed by atoms with van der Waals surface area (Å²) in [6.45, 7) is 1.90. The SMILES string of the molecule is COc1ccc(OC)c(-n2c(C)cn3c4c(=O)[nH]c(=O)n(C)c4nc23)c1. The number of hydrogen-bond donors (Lipinski definition) is 1. The highest BCUT2D eigenvalue weighted by atomic mass is 16.5. The quantitative estimate of drug-likeness (QED) is 0.591. The molecule has 0 saturated heterocycles. The van der Waals surface area contributed by atoms with Crippen LogP contribution in [0.4, 0.5) is 0 Å². The lowest BCUT2D eigenvalue weighted by molar-refractivity contribution is 0.401. The first-order valence-electron chi connectivity index (χ1n) is 7.88. The summed E-state index contributed by atoms with van der Waals surface area (Å²) in [5.41, 5.74) is 1.19. The molecule has 1 aromatic carbocycles. The largest absolute Gasteiger partial charge is 0.497 e. The molecule has 0 saturated carbocycles. The smallest absolute Gasteiger partial charge is 0.329 e. The van der Waals surface area contributed by atoms with Gasteiger partial charge in [0.25, 0.3) is 5.56 Å². The molecule has 0 fully saturated rings. The van der Waals surface area contributed by atoms with Gasteiger partial charge >= 0.3 is 5.69 Å². The molecule has 9 heteroatoms. The number of ether oxygens (including phenoxy) is 2. The lowest BCUT2D eigenvalue weighted by atomic mass is 10.2. The van der Waals surface area contributed by atoms with Crippen LogP contribution in [0.5, 0.6) is 11.5 Å². The molecule has 0 aliphatic heterocycles. The number of rotatable bonds is 3. The number of nitrogens with one attached hydrogen (secondary N) is 1. The number of benzene rings is 1. The fraction of sp³-hybridized carbons (Fsp3) is 0.235. The molecule has 3 heterocycles. The van der Waals surface area contributed by atoms with Crippen molar-refractivity contribution < 1.29 is 9.47 Å². The summed E-state index contributed by atoms with van der Waals surface area (Å²) < 4.78 is 15.6. The first-order valence-corrected chi connectivity index (χ1v) is 7.88. The van der Waals surface area contributed by atoms with E-state index in [9.17, 15) is 9.59 Å². The maximum atomic E-state index is 12.3. The van der Waals surface area contributed by atoms with Crippen LogP contribution in [0.15, 0.2) is 34.0 Å². The second kappa shape index (κ2) is 5.51. The second-order valence-electron chi connectivity index (χ2n) is 5.92. The van der Waals surface area contributed by atoms with Gasteiger partial charge in [-0.3, -0.25) is 23.3 Å². The van der Waals surface area contributed by atoms with Crippen LogP contribution in [-0.2, 0) is 7.05 Å². The van der Waals surface area contributed by atoms with Gasteiger partial charge in [-0.15, -0.1) is 0 Å². The van der Waals surface area contributed by atoms with Crippen molar-refractivity contribution in [3.8, 4) is 17.2 Å². The average Bonchev–Trinajstić information content (AvgIpc) is 3.14. The molecule has 0 aliphatic carbocycles. The molecule has 0 spiro atoms. The topological polar surface area (TPSA) is 95.5 Å². The fourth-order valence-corrected chi connectivity index (χ4v) is 3.14. The summed E-state index contributed by atoms with van der Waals surface area (Å²) in [6.07, 6.45) is 1.79. The van der Waals surface area contributed by atoms with Crippen LogP contribution in [0.25, 0.3) is 22.6 Å². The lowest BCUT2D eigenvalue weighted by Crippen LogP contribution is -2.28. The van der Waals surface area contributed by atoms with E-state index in [0.717, 1.165) is 11.4 Å². The van der Waals surface area contributed by atoms with E-state index in [-0.39, 0.29) is 0 Å². The third-order valence-corrected chi connectivity index (χ3v) is 4.43. The van der Waals surface area contributed by atoms with Crippen LogP contribution in [0.1, 0.15) is 5.69 Å². The Morgan fingerprint density at radius 1 is 1.15 bits per heavy atom. The molecular weight excluding hydrogens is 338 g/mol. The van der Waals surface area contributed by atoms with Crippen LogP contribution in [-0.4, -0.2) is 37.7 Å². The molecule has 1 N–H and O–H groups in total. The first kappa shape index (κ1) is 16.0. The second-order valence-corrected chi connectivity index (χ2v) is 5.92. The number of fused-ring (bicyclic) bond motifs is 3. The Balaban J connectivity index is 2.16. The molecule has 0 unspecified atom stereocenters. The van der Waals surface area contributed by atoms with Gasteiger partial charge in [0.15, 0.2) is 11.2 Å². The monoisotopic (exact) mass is 355 g/mol. The third-order valence-electron chi connectivity index (χ3n) is 4.43. The number of aryl methyl sites for hydroxylation is 2. The molecule has 0 amide bonds. The molecule has 0 bridgehead atoms. The Morgan fingerprint density at radius 2 is 1.92 bits per heavy atom. The number of aromatic nitrogens is 5. The molecule has 0 atom stereocenters. The zero-order chi connectivity index (χ0) is 18.6. The first-order chi connectivity index (χ1) is 12.5. The van der Waals surface area contributed by atoms with Crippen molar-refractivity contribution in [1.82, 2.24) is 23.5 Å². The number of nitrogens with zero attached hydrogens (tertiary/aromatic N) is 4. The summed E-state index contributed by atoms with van der Waals surface area (Å²) in [5.74, 6) is 1.78. The average molecular weight is 355 g/mol. The van der Waals surface area contributed by atoms with Gasteiger partial charge in [0.05, 0.1) is 19.9 Å². The Morgan fingerprint density at radius 3 is 2.62 bits per heavy atom. The number of imidazole rings is 2. The molecule has 4 aromatic rings. The van der Waals surface area contributed by atoms with Gasteiger partial charge in [-0.05, 0) is 19.1 Å². The van der Waals surface area contributed by atoms with Crippen LogP contribution in [0.2, 0.25) is 0 Å². The van der Waals surface area contributed by atoms with Gasteiger partial charge in [0, 0.05) is 25.0 Å². The van der Waals surface area contributed by atoms with Gasteiger partial charge < -0.3 is 9.47 Å². The van der Waals surface area contributed by atoms with Crippen molar-refractivity contribution in [1.29, 1.82) is 0 Å². The minimum atomic E-state index is -0.509. The Labute approximate surface area is 147 Å². The van der Waals surface area contributed by atoms with E-state index in [0.29, 0.717) is 28.4 Å². The number of H-pyrrole nitrogens is 1. The van der Waals surface area contributed by atoms with Gasteiger partial charge in [0.1, 0.15) is 11.5 Å². The van der Waals surface area contributed by atoms with Crippen molar-refractivity contribution >= 4 is 16.9 Å². The van der Waals surface area contributed by atoms with Gasteiger partial charge in [0.2, 0.25) is 5.78 Å². The zero-order valence-electron chi connectivity index (χ0n) is 14.7. The molecule has 26 heavy (non-hydrogen) atoms. The number of aromatic amines is 1. The Bertz CT molecular complexity index is 1270. The van der Waals surface area contributed by atoms with E-state index in [1.165, 1.54) is 4.57 Å². The van der Waals surface area contributed by atoms with E-state index >= 15 is 0 Å². The van der Waals surface area contributed by atoms with Gasteiger partial charge in [-0.1, -0.05) is 0 Å². The van der Waals surface area contributed by atoms with Crippen molar-refractivity contribution in [2.75, 3.05) is 14.2 Å². The molecule has 0 aliphatic rings. The van der Waals surface area contributed by atoms with Crippen LogP contribution in [0, 0.1) is 6.92 Å². The fourth-order valence-electron chi connectivity index (χ4n) is 3.14. The highest BCUT2D eigenvalue weighted by Gasteiger charge is 2.20. The molecule has 0 radical (unpaired) electrons. The summed E-state index contributed by atoms with van der Waals surface area (Å²) >= 11 is 0.